The highest BCUT2D eigenvalue weighted by Gasteiger charge is 2.13. The van der Waals surface area contributed by atoms with Gasteiger partial charge in [0.05, 0.1) is 13.7 Å². The zero-order valence-corrected chi connectivity index (χ0v) is 18.1. The van der Waals surface area contributed by atoms with Gasteiger partial charge in [-0.05, 0) is 42.5 Å². The molecule has 1 aromatic heterocycles. The number of methoxy groups -OCH3 is 1. The molecule has 0 saturated heterocycles. The van der Waals surface area contributed by atoms with Gasteiger partial charge < -0.3 is 19.2 Å². The first-order valence-electron chi connectivity index (χ1n) is 10.5. The van der Waals surface area contributed by atoms with Crippen molar-refractivity contribution in [1.82, 2.24) is 5.32 Å². The average Bonchev–Trinajstić information content (AvgIpc) is 2.81. The fourth-order valence-corrected chi connectivity index (χ4v) is 3.79. The molecule has 1 amide bonds. The second-order valence-corrected chi connectivity index (χ2v) is 7.53. The number of hydrogen-bond acceptors (Lipinski definition) is 5. The topological polar surface area (TPSA) is 77.8 Å². The normalized spacial score (nSPS) is 10.9. The molecule has 0 bridgehead atoms. The number of fused-ring (bicyclic) bond motifs is 2. The number of aryl methyl sites for hydroxylation is 1. The monoisotopic (exact) mass is 431 g/mol. The van der Waals surface area contributed by atoms with Crippen LogP contribution in [0.25, 0.3) is 21.7 Å². The summed E-state index contributed by atoms with van der Waals surface area (Å²) in [5.41, 5.74) is 1.40. The van der Waals surface area contributed by atoms with E-state index in [4.69, 9.17) is 13.9 Å². The maximum atomic E-state index is 12.4. The maximum Gasteiger partial charge on any atom is 0.339 e. The van der Waals surface area contributed by atoms with E-state index in [1.54, 1.807) is 13.2 Å². The summed E-state index contributed by atoms with van der Waals surface area (Å²) in [6.07, 6.45) is 0.508. The Morgan fingerprint density at radius 1 is 1.03 bits per heavy atom. The van der Waals surface area contributed by atoms with Gasteiger partial charge in [0.1, 0.15) is 23.7 Å². The Morgan fingerprint density at radius 3 is 2.69 bits per heavy atom. The Balaban J connectivity index is 1.32. The Hall–Kier alpha value is -3.80. The molecule has 0 aliphatic heterocycles. The van der Waals surface area contributed by atoms with Gasteiger partial charge in [-0.25, -0.2) is 4.79 Å². The van der Waals surface area contributed by atoms with Crippen molar-refractivity contribution in [2.45, 2.75) is 19.8 Å². The number of carbonyl (C=O) groups excluding carboxylic acids is 1. The minimum absolute atomic E-state index is 0.139. The van der Waals surface area contributed by atoms with Gasteiger partial charge in [-0.1, -0.05) is 36.4 Å². The average molecular weight is 431 g/mol. The lowest BCUT2D eigenvalue weighted by atomic mass is 10.0. The molecular formula is C26H25NO5. The molecule has 0 saturated carbocycles. The van der Waals surface area contributed by atoms with Crippen LogP contribution in [0, 0.1) is 6.92 Å². The second-order valence-electron chi connectivity index (χ2n) is 7.53. The molecule has 6 nitrogen and oxygen atoms in total. The van der Waals surface area contributed by atoms with Gasteiger partial charge in [-0.15, -0.1) is 0 Å². The minimum atomic E-state index is -0.421. The van der Waals surface area contributed by atoms with E-state index in [2.05, 4.69) is 5.32 Å². The van der Waals surface area contributed by atoms with Gasteiger partial charge in [0, 0.05) is 28.8 Å². The SMILES string of the molecule is COc1ccc2c(C)c(CCC(=O)NCCOc3cccc4ccccc34)c(=O)oc2c1. The second kappa shape index (κ2) is 9.56. The van der Waals surface area contributed by atoms with Crippen molar-refractivity contribution in [2.24, 2.45) is 0 Å². The van der Waals surface area contributed by atoms with Crippen LogP contribution < -0.4 is 20.4 Å². The third-order valence-electron chi connectivity index (χ3n) is 5.53. The number of amides is 1. The summed E-state index contributed by atoms with van der Waals surface area (Å²) >= 11 is 0. The van der Waals surface area contributed by atoms with E-state index in [0.29, 0.717) is 36.5 Å². The van der Waals surface area contributed by atoms with Crippen molar-refractivity contribution in [1.29, 1.82) is 0 Å². The Kier molecular flexibility index (Phi) is 6.40. The highest BCUT2D eigenvalue weighted by molar-refractivity contribution is 5.88. The lowest BCUT2D eigenvalue weighted by Crippen LogP contribution is -2.28. The molecule has 0 fully saturated rings. The lowest BCUT2D eigenvalue weighted by Gasteiger charge is -2.11. The van der Waals surface area contributed by atoms with E-state index in [9.17, 15) is 9.59 Å². The van der Waals surface area contributed by atoms with E-state index in [1.807, 2.05) is 61.5 Å². The summed E-state index contributed by atoms with van der Waals surface area (Å²) in [5.74, 6) is 1.27. The summed E-state index contributed by atoms with van der Waals surface area (Å²) < 4.78 is 16.5. The number of carbonyl (C=O) groups is 1. The zero-order valence-electron chi connectivity index (χ0n) is 18.1. The van der Waals surface area contributed by atoms with Gasteiger partial charge in [-0.3, -0.25) is 4.79 Å². The third-order valence-corrected chi connectivity index (χ3v) is 5.53. The number of nitrogens with one attached hydrogen (secondary N) is 1. The van der Waals surface area contributed by atoms with Gasteiger partial charge in [-0.2, -0.15) is 0 Å². The fourth-order valence-electron chi connectivity index (χ4n) is 3.79. The van der Waals surface area contributed by atoms with Crippen molar-refractivity contribution in [3.05, 3.63) is 82.2 Å². The summed E-state index contributed by atoms with van der Waals surface area (Å²) in [4.78, 5) is 24.7. The van der Waals surface area contributed by atoms with E-state index < -0.39 is 5.63 Å². The minimum Gasteiger partial charge on any atom is -0.497 e. The molecule has 0 atom stereocenters. The Labute approximate surface area is 185 Å². The summed E-state index contributed by atoms with van der Waals surface area (Å²) in [6.45, 7) is 2.61. The van der Waals surface area contributed by atoms with Crippen LogP contribution in [0.3, 0.4) is 0 Å². The molecule has 4 aromatic rings. The molecule has 0 unspecified atom stereocenters. The largest absolute Gasteiger partial charge is 0.497 e. The lowest BCUT2D eigenvalue weighted by molar-refractivity contribution is -0.121. The molecule has 3 aromatic carbocycles. The predicted octanol–water partition coefficient (Wildman–Crippen LogP) is 4.39. The number of ether oxygens (including phenoxy) is 2. The van der Waals surface area contributed by atoms with Crippen LogP contribution in [-0.4, -0.2) is 26.2 Å². The van der Waals surface area contributed by atoms with Crippen molar-refractivity contribution >= 4 is 27.6 Å². The maximum absolute atomic E-state index is 12.4. The van der Waals surface area contributed by atoms with Crippen LogP contribution in [0.15, 0.2) is 69.9 Å². The van der Waals surface area contributed by atoms with E-state index in [1.165, 1.54) is 0 Å². The fraction of sp³-hybridized carbons (Fsp3) is 0.231. The zero-order chi connectivity index (χ0) is 22.5. The Morgan fingerprint density at radius 2 is 1.84 bits per heavy atom. The van der Waals surface area contributed by atoms with Crippen molar-refractivity contribution in [3.8, 4) is 11.5 Å². The predicted molar refractivity (Wildman–Crippen MR) is 125 cm³/mol. The molecule has 164 valence electrons. The van der Waals surface area contributed by atoms with E-state index >= 15 is 0 Å². The molecule has 6 heteroatoms. The van der Waals surface area contributed by atoms with Crippen LogP contribution in [-0.2, 0) is 11.2 Å². The summed E-state index contributed by atoms with van der Waals surface area (Å²) in [7, 11) is 1.56. The van der Waals surface area contributed by atoms with Gasteiger partial charge in [0.25, 0.3) is 0 Å². The van der Waals surface area contributed by atoms with Crippen molar-refractivity contribution < 1.29 is 18.7 Å². The molecule has 4 rings (SSSR count). The number of rotatable bonds is 8. The molecule has 0 spiro atoms. The first-order valence-corrected chi connectivity index (χ1v) is 10.5. The van der Waals surface area contributed by atoms with Crippen LogP contribution in [0.5, 0.6) is 11.5 Å². The summed E-state index contributed by atoms with van der Waals surface area (Å²) in [5, 5.41) is 5.83. The summed E-state index contributed by atoms with van der Waals surface area (Å²) in [6, 6.07) is 19.3. The molecule has 0 aliphatic rings. The first kappa shape index (κ1) is 21.4. The first-order chi connectivity index (χ1) is 15.6. The molecular weight excluding hydrogens is 406 g/mol. The Bertz CT molecular complexity index is 1320. The van der Waals surface area contributed by atoms with Gasteiger partial charge in [0.15, 0.2) is 0 Å². The van der Waals surface area contributed by atoms with E-state index in [0.717, 1.165) is 27.5 Å². The molecule has 32 heavy (non-hydrogen) atoms. The highest BCUT2D eigenvalue weighted by Crippen LogP contribution is 2.25. The molecule has 1 heterocycles. The molecule has 0 aliphatic carbocycles. The quantitative estimate of drug-likeness (QED) is 0.331. The van der Waals surface area contributed by atoms with Crippen LogP contribution in [0.1, 0.15) is 17.5 Å². The van der Waals surface area contributed by atoms with Gasteiger partial charge in [0.2, 0.25) is 5.91 Å². The van der Waals surface area contributed by atoms with Crippen LogP contribution in [0.4, 0.5) is 0 Å². The van der Waals surface area contributed by atoms with Gasteiger partial charge >= 0.3 is 5.63 Å². The van der Waals surface area contributed by atoms with Crippen molar-refractivity contribution in [2.75, 3.05) is 20.3 Å². The standard InChI is InChI=1S/C26H25NO5/c1-17-20-11-10-19(30-2)16-24(20)32-26(29)21(17)12-13-25(28)27-14-15-31-23-9-5-7-18-6-3-4-8-22(18)23/h3-11,16H,12-15H2,1-2H3,(H,27,28). The van der Waals surface area contributed by atoms with Crippen molar-refractivity contribution in [3.63, 3.8) is 0 Å². The molecule has 0 radical (unpaired) electrons. The third kappa shape index (κ3) is 4.59. The van der Waals surface area contributed by atoms with E-state index in [-0.39, 0.29) is 12.3 Å². The number of benzene rings is 3. The smallest absolute Gasteiger partial charge is 0.339 e. The number of hydrogen-bond donors (Lipinski definition) is 1. The van der Waals surface area contributed by atoms with Crippen LogP contribution in [0.2, 0.25) is 0 Å². The molecule has 1 N–H and O–H groups in total. The highest BCUT2D eigenvalue weighted by atomic mass is 16.5. The van der Waals surface area contributed by atoms with Crippen LogP contribution >= 0.6 is 0 Å².